The van der Waals surface area contributed by atoms with Gasteiger partial charge in [0.05, 0.1) is 26.6 Å². The van der Waals surface area contributed by atoms with Crippen LogP contribution in [0.15, 0.2) is 62.3 Å². The second-order valence-corrected chi connectivity index (χ2v) is 10.3. The molecule has 15 heteroatoms. The number of anilines is 2. The topological polar surface area (TPSA) is 144 Å². The number of amides is 2. The third-order valence-electron chi connectivity index (χ3n) is 4.64. The number of hydrogen-bond donors (Lipinski definition) is 3. The van der Waals surface area contributed by atoms with E-state index in [1.165, 1.54) is 49.5 Å². The van der Waals surface area contributed by atoms with Gasteiger partial charge in [0, 0.05) is 7.05 Å². The van der Waals surface area contributed by atoms with Crippen molar-refractivity contribution in [2.45, 2.75) is 4.21 Å². The van der Waals surface area contributed by atoms with E-state index in [0.717, 1.165) is 22.0 Å². The number of thiophene rings is 1. The molecule has 0 aliphatic carbocycles. The Hall–Kier alpha value is -2.68. The van der Waals surface area contributed by atoms with Crippen molar-refractivity contribution in [3.8, 4) is 5.69 Å². The van der Waals surface area contributed by atoms with Gasteiger partial charge in [0.1, 0.15) is 10.0 Å². The number of carbonyl (C=O) groups is 1. The maximum absolute atomic E-state index is 14.1. The second kappa shape index (κ2) is 10.5. The van der Waals surface area contributed by atoms with Crippen LogP contribution in [-0.2, 0) is 10.0 Å². The minimum Gasteiger partial charge on any atom is -0.424 e. The first kappa shape index (κ1) is 26.9. The van der Waals surface area contributed by atoms with Crippen LogP contribution >= 0.6 is 22.9 Å². The van der Waals surface area contributed by atoms with E-state index in [9.17, 15) is 27.2 Å². The molecule has 2 aromatic heterocycles. The molecule has 0 fully saturated rings. The molecular formula is C20H14ClFN5NaO5S2. The zero-order chi connectivity index (χ0) is 24.6. The molecule has 0 radical (unpaired) electrons. The fourth-order valence-corrected chi connectivity index (χ4v) is 5.40. The largest absolute Gasteiger partial charge is 1.00 e. The van der Waals surface area contributed by atoms with Crippen LogP contribution in [0, 0.1) is 5.82 Å². The fraction of sp³-hybridized carbons (Fsp3) is 0.0500. The Bertz CT molecular complexity index is 1650. The van der Waals surface area contributed by atoms with Crippen LogP contribution in [-0.4, -0.2) is 31.0 Å². The molecule has 0 aliphatic heterocycles. The van der Waals surface area contributed by atoms with Crippen molar-refractivity contribution in [2.75, 3.05) is 17.7 Å². The smallest absolute Gasteiger partial charge is 0.424 e. The Labute approximate surface area is 228 Å². The summed E-state index contributed by atoms with van der Waals surface area (Å²) in [5.41, 5.74) is -0.911. The number of nitrogens with one attached hydrogen (secondary N) is 3. The molecule has 2 heterocycles. The molecular weight excluding hydrogens is 532 g/mol. The molecule has 10 nitrogen and oxygen atoms in total. The molecule has 2 amide bonds. The van der Waals surface area contributed by atoms with Crippen LogP contribution in [0.2, 0.25) is 4.34 Å². The van der Waals surface area contributed by atoms with Gasteiger partial charge in [-0.25, -0.2) is 22.2 Å². The van der Waals surface area contributed by atoms with Gasteiger partial charge >= 0.3 is 35.2 Å². The monoisotopic (exact) mass is 545 g/mol. The van der Waals surface area contributed by atoms with E-state index in [2.05, 4.69) is 20.3 Å². The first-order chi connectivity index (χ1) is 16.1. The number of urea groups is 1. The van der Waals surface area contributed by atoms with Crippen LogP contribution in [0.25, 0.3) is 21.3 Å². The predicted octanol–water partition coefficient (Wildman–Crippen LogP) is 0.873. The molecule has 0 saturated carbocycles. The first-order valence-electron chi connectivity index (χ1n) is 9.40. The van der Waals surface area contributed by atoms with Gasteiger partial charge in [-0.05, 0) is 42.1 Å². The van der Waals surface area contributed by atoms with E-state index in [1.807, 2.05) is 0 Å². The summed E-state index contributed by atoms with van der Waals surface area (Å²) in [7, 11) is -2.73. The van der Waals surface area contributed by atoms with Crippen molar-refractivity contribution < 1.29 is 47.2 Å². The number of aromatic nitrogens is 2. The number of hydrogen-bond acceptors (Lipinski definition) is 7. The van der Waals surface area contributed by atoms with E-state index in [4.69, 9.17) is 11.6 Å². The third-order valence-corrected chi connectivity index (χ3v) is 7.60. The van der Waals surface area contributed by atoms with Gasteiger partial charge in [-0.1, -0.05) is 23.7 Å². The molecule has 0 saturated heterocycles. The molecule has 4 rings (SSSR count). The van der Waals surface area contributed by atoms with Gasteiger partial charge in [-0.2, -0.15) is 0 Å². The quantitative estimate of drug-likeness (QED) is 0.317. The van der Waals surface area contributed by atoms with Crippen LogP contribution in [0.5, 0.6) is 0 Å². The molecule has 3 N–H and O–H groups in total. The maximum atomic E-state index is 14.1. The summed E-state index contributed by atoms with van der Waals surface area (Å²) in [5, 5.41) is 4.88. The summed E-state index contributed by atoms with van der Waals surface area (Å²) in [6.07, 6.45) is 0. The summed E-state index contributed by atoms with van der Waals surface area (Å²) in [5.74, 6) is -0.660. The minimum atomic E-state index is -4.23. The summed E-state index contributed by atoms with van der Waals surface area (Å²) >= 11 is 6.48. The minimum absolute atomic E-state index is 0. The van der Waals surface area contributed by atoms with Gasteiger partial charge < -0.3 is 20.3 Å². The summed E-state index contributed by atoms with van der Waals surface area (Å²) in [4.78, 5) is 40.0. The number of nitrogens with zero attached hydrogens (tertiary/aromatic N) is 2. The zero-order valence-corrected chi connectivity index (χ0v) is 22.5. The molecule has 4 aromatic rings. The second-order valence-electron chi connectivity index (χ2n) is 6.80. The first-order valence-corrected chi connectivity index (χ1v) is 12.0. The maximum Gasteiger partial charge on any atom is 1.00 e. The normalized spacial score (nSPS) is 11.1. The molecule has 2 aromatic carbocycles. The molecule has 35 heavy (non-hydrogen) atoms. The van der Waals surface area contributed by atoms with E-state index in [0.29, 0.717) is 0 Å². The van der Waals surface area contributed by atoms with Crippen molar-refractivity contribution in [3.05, 3.63) is 84.2 Å². The van der Waals surface area contributed by atoms with E-state index in [-0.39, 0.29) is 66.1 Å². The Morgan fingerprint density at radius 2 is 1.83 bits per heavy atom. The fourth-order valence-electron chi connectivity index (χ4n) is 3.09. The van der Waals surface area contributed by atoms with Gasteiger partial charge in [-0.3, -0.25) is 9.59 Å². The number of fused-ring (bicyclic) bond motifs is 1. The van der Waals surface area contributed by atoms with E-state index >= 15 is 0 Å². The van der Waals surface area contributed by atoms with Crippen LogP contribution < -0.4 is 51.4 Å². The number of sulfonamides is 1. The Kier molecular flexibility index (Phi) is 8.09. The number of carbonyl (C=O) groups excluding carboxylic acids is 1. The number of aromatic amines is 1. The van der Waals surface area contributed by atoms with Gasteiger partial charge in [-0.15, -0.1) is 11.3 Å². The SMILES string of the molecule is CNc1cc2[nH]c(=O)n(-c3ccc(NC(=O)[N-]S(=O)(=O)c4ccc(Cl)s4)cc3)c(=O)c2cc1F.[Na+]. The average molecular weight is 546 g/mol. The Balaban J connectivity index is 0.00000342. The van der Waals surface area contributed by atoms with Crippen molar-refractivity contribution in [1.29, 1.82) is 0 Å². The van der Waals surface area contributed by atoms with Crippen molar-refractivity contribution in [3.63, 3.8) is 0 Å². The van der Waals surface area contributed by atoms with E-state index < -0.39 is 33.1 Å². The number of benzene rings is 2. The third kappa shape index (κ3) is 5.60. The summed E-state index contributed by atoms with van der Waals surface area (Å²) in [6, 6.07) is 9.19. The standard InChI is InChI=1S/C20H15ClFN5O5S2.Na/c1-23-15-9-14-12(8-13(15)22)18(28)27(20(30)25-14)11-4-2-10(3-5-11)24-19(29)26-34(31,32)17-7-6-16(21)33-17;/h2-9H,1H3,(H4,23,24,25,26,28,29,30);/q;+1/p-1. The molecule has 0 spiro atoms. The molecule has 0 bridgehead atoms. The zero-order valence-electron chi connectivity index (χ0n) is 18.1. The molecule has 0 aliphatic rings. The van der Waals surface area contributed by atoms with Crippen molar-refractivity contribution in [1.82, 2.24) is 9.55 Å². The molecule has 0 atom stereocenters. The summed E-state index contributed by atoms with van der Waals surface area (Å²) in [6.45, 7) is 0. The number of H-pyrrole nitrogens is 1. The van der Waals surface area contributed by atoms with Gasteiger partial charge in [0.2, 0.25) is 10.0 Å². The van der Waals surface area contributed by atoms with Crippen molar-refractivity contribution in [2.24, 2.45) is 0 Å². The Morgan fingerprint density at radius 3 is 2.43 bits per heavy atom. The number of rotatable bonds is 5. The van der Waals surface area contributed by atoms with Gasteiger partial charge in [0.15, 0.2) is 6.03 Å². The van der Waals surface area contributed by atoms with Crippen LogP contribution in [0.1, 0.15) is 0 Å². The molecule has 0 unspecified atom stereocenters. The van der Waals surface area contributed by atoms with E-state index in [1.54, 1.807) is 0 Å². The number of halogens is 2. The van der Waals surface area contributed by atoms with Gasteiger partial charge in [0.25, 0.3) is 5.56 Å². The molecule has 176 valence electrons. The average Bonchev–Trinajstić information content (AvgIpc) is 3.22. The Morgan fingerprint density at radius 1 is 1.14 bits per heavy atom. The van der Waals surface area contributed by atoms with Crippen LogP contribution in [0.4, 0.5) is 20.6 Å². The summed E-state index contributed by atoms with van der Waals surface area (Å²) < 4.78 is 42.5. The van der Waals surface area contributed by atoms with Crippen LogP contribution in [0.3, 0.4) is 0 Å². The van der Waals surface area contributed by atoms with Crippen molar-refractivity contribution >= 4 is 61.3 Å². The predicted molar refractivity (Wildman–Crippen MR) is 129 cm³/mol.